The molecule has 0 radical (unpaired) electrons. The van der Waals surface area contributed by atoms with Gasteiger partial charge in [-0.2, -0.15) is 0 Å². The van der Waals surface area contributed by atoms with Gasteiger partial charge in [-0.25, -0.2) is 0 Å². The monoisotopic (exact) mass is 546 g/mol. The van der Waals surface area contributed by atoms with Crippen molar-refractivity contribution in [2.75, 3.05) is 40.8 Å². The van der Waals surface area contributed by atoms with E-state index in [1.807, 2.05) is 30.3 Å². The van der Waals surface area contributed by atoms with Gasteiger partial charge in [-0.05, 0) is 18.4 Å². The summed E-state index contributed by atoms with van der Waals surface area (Å²) in [6.45, 7) is 2.14. The average Bonchev–Trinajstić information content (AvgIpc) is 2.90. The van der Waals surface area contributed by atoms with Crippen molar-refractivity contribution < 1.29 is 24.0 Å². The first kappa shape index (κ1) is 32.9. The van der Waals surface area contributed by atoms with E-state index in [-0.39, 0.29) is 50.6 Å². The number of aliphatic imine (C=N–C) groups is 1. The molecule has 0 fully saturated rings. The lowest BCUT2D eigenvalue weighted by Crippen LogP contribution is -2.55. The Kier molecular flexibility index (Phi) is 15.3. The lowest BCUT2D eigenvalue weighted by molar-refractivity contribution is -0.132. The second kappa shape index (κ2) is 18.2. The number of rotatable bonds is 16. The van der Waals surface area contributed by atoms with Gasteiger partial charge < -0.3 is 37.2 Å². The molecule has 0 saturated carbocycles. The van der Waals surface area contributed by atoms with E-state index in [0.29, 0.717) is 18.9 Å². The Morgan fingerprint density at radius 1 is 0.897 bits per heavy atom. The quantitative estimate of drug-likeness (QED) is 0.0838. The molecule has 39 heavy (non-hydrogen) atoms. The van der Waals surface area contributed by atoms with Crippen LogP contribution in [0.4, 0.5) is 0 Å². The van der Waals surface area contributed by atoms with Crippen LogP contribution >= 0.6 is 0 Å². The SMILES string of the molecule is CNC(=O)CCC(=O)N[C@@H](CCCN=C(N)N(C)C)C(=O)NC(Cc1ccccc1)C(=O)NCCNC(C)=O. The van der Waals surface area contributed by atoms with Gasteiger partial charge in [-0.3, -0.25) is 29.0 Å². The summed E-state index contributed by atoms with van der Waals surface area (Å²) >= 11 is 0. The molecule has 0 heterocycles. The van der Waals surface area contributed by atoms with E-state index in [1.54, 1.807) is 19.0 Å². The zero-order valence-electron chi connectivity index (χ0n) is 23.2. The Morgan fingerprint density at radius 3 is 2.15 bits per heavy atom. The van der Waals surface area contributed by atoms with Crippen molar-refractivity contribution in [1.82, 2.24) is 31.5 Å². The van der Waals surface area contributed by atoms with Gasteiger partial charge in [0.15, 0.2) is 5.96 Å². The molecular weight excluding hydrogens is 504 g/mol. The number of carbonyl (C=O) groups excluding carboxylic acids is 5. The third-order valence-corrected chi connectivity index (χ3v) is 5.61. The number of amides is 5. The van der Waals surface area contributed by atoms with Crippen molar-refractivity contribution in [2.24, 2.45) is 10.7 Å². The summed E-state index contributed by atoms with van der Waals surface area (Å²) < 4.78 is 0. The third-order valence-electron chi connectivity index (χ3n) is 5.61. The third kappa shape index (κ3) is 14.4. The molecule has 13 heteroatoms. The molecule has 216 valence electrons. The molecule has 2 atom stereocenters. The molecule has 5 amide bonds. The Bertz CT molecular complexity index is 984. The topological polar surface area (TPSA) is 187 Å². The summed E-state index contributed by atoms with van der Waals surface area (Å²) in [6, 6.07) is 7.31. The van der Waals surface area contributed by atoms with Gasteiger partial charge in [-0.15, -0.1) is 0 Å². The van der Waals surface area contributed by atoms with E-state index in [0.717, 1.165) is 5.56 Å². The second-order valence-electron chi connectivity index (χ2n) is 9.09. The van der Waals surface area contributed by atoms with Crippen molar-refractivity contribution in [2.45, 2.75) is 51.1 Å². The smallest absolute Gasteiger partial charge is 0.243 e. The molecule has 0 aliphatic rings. The fraction of sp³-hybridized carbons (Fsp3) is 0.538. The number of nitrogens with one attached hydrogen (secondary N) is 5. The van der Waals surface area contributed by atoms with Gasteiger partial charge in [0.25, 0.3) is 0 Å². The number of hydrogen-bond acceptors (Lipinski definition) is 6. The maximum Gasteiger partial charge on any atom is 0.243 e. The van der Waals surface area contributed by atoms with Crippen molar-refractivity contribution in [3.05, 3.63) is 35.9 Å². The predicted octanol–water partition coefficient (Wildman–Crippen LogP) is -1.37. The number of nitrogens with zero attached hydrogens (tertiary/aromatic N) is 2. The van der Waals surface area contributed by atoms with Gasteiger partial charge in [0.1, 0.15) is 12.1 Å². The van der Waals surface area contributed by atoms with Crippen molar-refractivity contribution in [1.29, 1.82) is 0 Å². The average molecular weight is 547 g/mol. The zero-order valence-corrected chi connectivity index (χ0v) is 23.2. The van der Waals surface area contributed by atoms with Crippen LogP contribution in [0, 0.1) is 0 Å². The van der Waals surface area contributed by atoms with Crippen LogP contribution in [0.1, 0.15) is 38.2 Å². The molecule has 0 aliphatic heterocycles. The van der Waals surface area contributed by atoms with Crippen LogP contribution in [0.25, 0.3) is 0 Å². The molecule has 7 N–H and O–H groups in total. The van der Waals surface area contributed by atoms with Crippen LogP contribution in [-0.2, 0) is 30.4 Å². The molecule has 1 rings (SSSR count). The lowest BCUT2D eigenvalue weighted by atomic mass is 10.0. The summed E-state index contributed by atoms with van der Waals surface area (Å²) in [7, 11) is 5.00. The molecule has 0 bridgehead atoms. The zero-order chi connectivity index (χ0) is 29.2. The number of nitrogens with two attached hydrogens (primary N) is 1. The Balaban J connectivity index is 2.97. The highest BCUT2D eigenvalue weighted by molar-refractivity contribution is 5.93. The van der Waals surface area contributed by atoms with E-state index in [2.05, 4.69) is 31.6 Å². The van der Waals surface area contributed by atoms with Crippen LogP contribution in [0.15, 0.2) is 35.3 Å². The van der Waals surface area contributed by atoms with Gasteiger partial charge >= 0.3 is 0 Å². The number of benzene rings is 1. The molecule has 0 spiro atoms. The minimum Gasteiger partial charge on any atom is -0.370 e. The first-order valence-electron chi connectivity index (χ1n) is 12.9. The van der Waals surface area contributed by atoms with Gasteiger partial charge in [0.05, 0.1) is 0 Å². The fourth-order valence-electron chi connectivity index (χ4n) is 3.40. The minimum atomic E-state index is -0.955. The van der Waals surface area contributed by atoms with Crippen molar-refractivity contribution in [3.63, 3.8) is 0 Å². The fourth-order valence-corrected chi connectivity index (χ4v) is 3.40. The van der Waals surface area contributed by atoms with E-state index < -0.39 is 29.8 Å². The van der Waals surface area contributed by atoms with Crippen LogP contribution in [0.5, 0.6) is 0 Å². The Hall–Kier alpha value is -4.16. The molecule has 0 aliphatic carbocycles. The highest BCUT2D eigenvalue weighted by atomic mass is 16.2. The Morgan fingerprint density at radius 2 is 1.54 bits per heavy atom. The summed E-state index contributed by atoms with van der Waals surface area (Å²) in [4.78, 5) is 67.3. The maximum absolute atomic E-state index is 13.3. The first-order valence-corrected chi connectivity index (χ1v) is 12.9. The van der Waals surface area contributed by atoms with E-state index in [4.69, 9.17) is 5.73 Å². The lowest BCUT2D eigenvalue weighted by Gasteiger charge is -2.23. The van der Waals surface area contributed by atoms with E-state index >= 15 is 0 Å². The van der Waals surface area contributed by atoms with E-state index in [9.17, 15) is 24.0 Å². The summed E-state index contributed by atoms with van der Waals surface area (Å²) in [6.07, 6.45) is 0.790. The highest BCUT2D eigenvalue weighted by Gasteiger charge is 2.27. The maximum atomic E-state index is 13.3. The summed E-state index contributed by atoms with van der Waals surface area (Å²) in [5, 5.41) is 13.2. The van der Waals surface area contributed by atoms with E-state index in [1.165, 1.54) is 14.0 Å². The van der Waals surface area contributed by atoms with Gasteiger partial charge in [0, 0.05) is 67.0 Å². The molecule has 1 aromatic carbocycles. The van der Waals surface area contributed by atoms with Crippen molar-refractivity contribution in [3.8, 4) is 0 Å². The Labute approximate surface area is 229 Å². The van der Waals surface area contributed by atoms with Gasteiger partial charge in [-0.1, -0.05) is 30.3 Å². The first-order chi connectivity index (χ1) is 18.5. The summed E-state index contributed by atoms with van der Waals surface area (Å²) in [5.41, 5.74) is 6.65. The molecule has 0 saturated heterocycles. The second-order valence-corrected chi connectivity index (χ2v) is 9.09. The molecule has 0 aromatic heterocycles. The predicted molar refractivity (Wildman–Crippen MR) is 148 cm³/mol. The standard InChI is InChI=1S/C26H42N8O5/c1-18(35)29-15-16-30-24(38)21(17-19-9-6-5-7-10-19)33-25(39)20(11-8-14-31-26(27)34(3)4)32-23(37)13-12-22(36)28-2/h5-7,9-10,20-21H,8,11-17H2,1-4H3,(H2,27,31)(H,28,36)(H,29,35)(H,30,38)(H,32,37)(H,33,39)/t20-,21?/m0/s1. The van der Waals surface area contributed by atoms with Gasteiger partial charge in [0.2, 0.25) is 29.5 Å². The molecule has 1 aromatic rings. The molecular formula is C26H42N8O5. The molecule has 1 unspecified atom stereocenters. The molecule has 13 nitrogen and oxygen atoms in total. The van der Waals surface area contributed by atoms with Crippen LogP contribution in [-0.4, -0.2) is 93.3 Å². The van der Waals surface area contributed by atoms with Crippen LogP contribution in [0.2, 0.25) is 0 Å². The number of carbonyl (C=O) groups is 5. The minimum absolute atomic E-state index is 0.0202. The normalized spacial score (nSPS) is 12.5. The number of hydrogen-bond donors (Lipinski definition) is 6. The largest absolute Gasteiger partial charge is 0.370 e. The number of guanidine groups is 1. The van der Waals surface area contributed by atoms with Crippen LogP contribution < -0.4 is 32.3 Å². The van der Waals surface area contributed by atoms with Crippen molar-refractivity contribution >= 4 is 35.5 Å². The highest BCUT2D eigenvalue weighted by Crippen LogP contribution is 2.06. The van der Waals surface area contributed by atoms with Crippen LogP contribution in [0.3, 0.4) is 0 Å². The summed E-state index contributed by atoms with van der Waals surface area (Å²) in [5.74, 6) is -1.60.